The van der Waals surface area contributed by atoms with E-state index in [1.807, 2.05) is 34.6 Å². The van der Waals surface area contributed by atoms with Gasteiger partial charge in [-0.25, -0.2) is 0 Å². The molecule has 0 saturated heterocycles. The molecule has 3 unspecified atom stereocenters. The molecule has 136 valence electrons. The molecule has 1 aromatic rings. The van der Waals surface area contributed by atoms with Crippen molar-refractivity contribution in [2.45, 2.75) is 61.1 Å². The number of ketones is 1. The van der Waals surface area contributed by atoms with Gasteiger partial charge in [0.2, 0.25) is 0 Å². The number of hydrogen-bond acceptors (Lipinski definition) is 6. The lowest BCUT2D eigenvalue weighted by Crippen LogP contribution is -2.35. The third kappa shape index (κ3) is 18.8. The van der Waals surface area contributed by atoms with Crippen LogP contribution in [0.25, 0.3) is 0 Å². The smallest absolute Gasteiger partial charge is 0.142 e. The fraction of sp³-hybridized carbons (Fsp3) is 0.688. The Labute approximate surface area is 143 Å². The fourth-order valence-corrected chi connectivity index (χ4v) is 1.52. The number of Topliss-reactive ketones (excluding diaryl/α,β-unsaturated/α-hetero) is 1. The van der Waals surface area contributed by atoms with E-state index in [1.54, 1.807) is 6.20 Å². The third-order valence-corrected chi connectivity index (χ3v) is 3.36. The molecule has 0 radical (unpaired) electrons. The molecule has 6 nitrogen and oxygen atoms in total. The average molecular weight is 347 g/mol. The molecule has 0 amide bonds. The minimum Gasteiger partial charge on any atom is -0.327 e. The Morgan fingerprint density at radius 1 is 1.17 bits per heavy atom. The molecule has 1 heterocycles. The van der Waals surface area contributed by atoms with Crippen LogP contribution in [0.2, 0.25) is 0 Å². The Hall–Kier alpha value is -1.18. The lowest BCUT2D eigenvalue weighted by Gasteiger charge is -2.06. The normalized spacial score (nSPS) is 13.1. The molecular weight excluding hydrogens is 312 g/mol. The zero-order chi connectivity index (χ0) is 17.9. The number of aryl methyl sites for hydroxylation is 3. The van der Waals surface area contributed by atoms with Crippen LogP contribution in [0.4, 0.5) is 0 Å². The number of nitrogens with two attached hydrogens (primary N) is 2. The number of aromatic nitrogens is 2. The number of rotatable bonds is 3. The maximum atomic E-state index is 10.1. The molecular formula is C16H34N4O2S. The van der Waals surface area contributed by atoms with Crippen LogP contribution in [0, 0.1) is 20.8 Å². The van der Waals surface area contributed by atoms with Gasteiger partial charge in [0, 0.05) is 35.3 Å². The Balaban J connectivity index is -0.000000262. The van der Waals surface area contributed by atoms with Crippen molar-refractivity contribution in [3.63, 3.8) is 0 Å². The second kappa shape index (κ2) is 14.4. The lowest BCUT2D eigenvalue weighted by atomic mass is 10.2. The first-order valence-electron chi connectivity index (χ1n) is 7.04. The van der Waals surface area contributed by atoms with Gasteiger partial charge in [-0.3, -0.25) is 19.0 Å². The highest BCUT2D eigenvalue weighted by atomic mass is 32.2. The molecule has 0 saturated carbocycles. The lowest BCUT2D eigenvalue weighted by molar-refractivity contribution is -0.114. The maximum Gasteiger partial charge on any atom is 0.142 e. The van der Waals surface area contributed by atoms with Crippen LogP contribution in [0.5, 0.6) is 0 Å². The molecule has 0 aliphatic heterocycles. The van der Waals surface area contributed by atoms with Crippen LogP contribution in [0.15, 0.2) is 6.20 Å². The fourth-order valence-electron chi connectivity index (χ4n) is 0.944. The largest absolute Gasteiger partial charge is 0.327 e. The van der Waals surface area contributed by atoms with E-state index < -0.39 is 10.8 Å². The first kappa shape index (κ1) is 26.7. The molecule has 0 spiro atoms. The van der Waals surface area contributed by atoms with Gasteiger partial charge in [0.1, 0.15) is 5.78 Å². The van der Waals surface area contributed by atoms with Crippen molar-refractivity contribution in [2.75, 3.05) is 12.0 Å². The van der Waals surface area contributed by atoms with Gasteiger partial charge in [0.05, 0.1) is 22.8 Å². The van der Waals surface area contributed by atoms with Gasteiger partial charge in [-0.1, -0.05) is 7.43 Å². The van der Waals surface area contributed by atoms with Gasteiger partial charge in [-0.2, -0.15) is 0 Å². The third-order valence-electron chi connectivity index (χ3n) is 2.55. The number of carbonyl (C=O) groups is 1. The van der Waals surface area contributed by atoms with Crippen LogP contribution in [0.3, 0.4) is 0 Å². The van der Waals surface area contributed by atoms with E-state index in [4.69, 9.17) is 11.5 Å². The predicted molar refractivity (Wildman–Crippen MR) is 99.9 cm³/mol. The summed E-state index contributed by atoms with van der Waals surface area (Å²) in [5.74, 6) is 0.181. The topological polar surface area (TPSA) is 112 Å². The van der Waals surface area contributed by atoms with E-state index in [9.17, 15) is 9.00 Å². The van der Waals surface area contributed by atoms with Crippen LogP contribution in [0.1, 0.15) is 45.3 Å². The highest BCUT2D eigenvalue weighted by Gasteiger charge is 1.96. The monoisotopic (exact) mass is 346 g/mol. The number of hydrogen-bond donors (Lipinski definition) is 2. The van der Waals surface area contributed by atoms with Gasteiger partial charge < -0.3 is 11.5 Å². The van der Waals surface area contributed by atoms with Crippen molar-refractivity contribution in [1.82, 2.24) is 9.97 Å². The summed E-state index contributed by atoms with van der Waals surface area (Å²) in [6.45, 7) is 11.1. The summed E-state index contributed by atoms with van der Waals surface area (Å²) in [4.78, 5) is 18.4. The molecule has 23 heavy (non-hydrogen) atoms. The SMILES string of the molecule is C.CC(=O)CS(C)=O.CC(N)C(C)N.Cc1cnc(C)c(C)n1. The summed E-state index contributed by atoms with van der Waals surface area (Å²) < 4.78 is 10.1. The van der Waals surface area contributed by atoms with Gasteiger partial charge >= 0.3 is 0 Å². The molecule has 1 aromatic heterocycles. The highest BCUT2D eigenvalue weighted by molar-refractivity contribution is 7.85. The Morgan fingerprint density at radius 2 is 1.61 bits per heavy atom. The first-order chi connectivity index (χ1) is 9.97. The summed E-state index contributed by atoms with van der Waals surface area (Å²) in [6.07, 6.45) is 3.30. The van der Waals surface area contributed by atoms with Gasteiger partial charge in [0.15, 0.2) is 0 Å². The minimum atomic E-state index is -0.945. The molecule has 0 aliphatic carbocycles. The molecule has 0 bridgehead atoms. The Kier molecular flexibility index (Phi) is 16.7. The van der Waals surface area contributed by atoms with Crippen LogP contribution >= 0.6 is 0 Å². The number of nitrogens with zero attached hydrogens (tertiary/aromatic N) is 2. The maximum absolute atomic E-state index is 10.1. The van der Waals surface area contributed by atoms with E-state index in [0.29, 0.717) is 0 Å². The van der Waals surface area contributed by atoms with Crippen molar-refractivity contribution >= 4 is 16.6 Å². The summed E-state index contributed by atoms with van der Waals surface area (Å²) in [6, 6.07) is 0.259. The quantitative estimate of drug-likeness (QED) is 0.861. The van der Waals surface area contributed by atoms with E-state index in [0.717, 1.165) is 17.1 Å². The first-order valence-corrected chi connectivity index (χ1v) is 8.77. The van der Waals surface area contributed by atoms with Gasteiger partial charge in [0.25, 0.3) is 0 Å². The van der Waals surface area contributed by atoms with Crippen molar-refractivity contribution in [2.24, 2.45) is 11.5 Å². The van der Waals surface area contributed by atoms with E-state index >= 15 is 0 Å². The van der Waals surface area contributed by atoms with Crippen molar-refractivity contribution < 1.29 is 9.00 Å². The zero-order valence-corrected chi connectivity index (χ0v) is 15.5. The van der Waals surface area contributed by atoms with Crippen molar-refractivity contribution in [1.29, 1.82) is 0 Å². The minimum absolute atomic E-state index is 0. The summed E-state index contributed by atoms with van der Waals surface area (Å²) in [5, 5.41) is 0. The van der Waals surface area contributed by atoms with E-state index in [2.05, 4.69) is 9.97 Å². The van der Waals surface area contributed by atoms with E-state index in [-0.39, 0.29) is 31.0 Å². The number of carbonyl (C=O) groups excluding carboxylic acids is 1. The summed E-state index contributed by atoms with van der Waals surface area (Å²) in [7, 11) is -0.945. The second-order valence-corrected chi connectivity index (χ2v) is 6.76. The van der Waals surface area contributed by atoms with Crippen LogP contribution in [-0.2, 0) is 15.6 Å². The van der Waals surface area contributed by atoms with Crippen molar-refractivity contribution in [3.05, 3.63) is 23.3 Å². The summed E-state index contributed by atoms with van der Waals surface area (Å²) >= 11 is 0. The van der Waals surface area contributed by atoms with Gasteiger partial charge in [-0.15, -0.1) is 0 Å². The van der Waals surface area contributed by atoms with Crippen LogP contribution < -0.4 is 11.5 Å². The predicted octanol–water partition coefficient (Wildman–Crippen LogP) is 1.67. The molecule has 7 heteroatoms. The van der Waals surface area contributed by atoms with Crippen LogP contribution in [-0.4, -0.2) is 44.1 Å². The Bertz CT molecular complexity index is 459. The van der Waals surface area contributed by atoms with Gasteiger partial charge in [-0.05, 0) is 41.5 Å². The molecule has 1 rings (SSSR count). The van der Waals surface area contributed by atoms with E-state index in [1.165, 1.54) is 13.2 Å². The molecule has 0 aliphatic rings. The summed E-state index contributed by atoms with van der Waals surface area (Å²) in [5.41, 5.74) is 13.6. The molecule has 0 fully saturated rings. The second-order valence-electron chi connectivity index (χ2n) is 5.32. The average Bonchev–Trinajstić information content (AvgIpc) is 2.34. The standard InChI is InChI=1S/C7H10N2.C4H12N2.C4H8O2S.CH4/c1-5-4-8-6(2)7(3)9-5;1-3(5)4(2)6;1-4(5)3-7(2)6;/h4H,1-3H3;3-4H,5-6H2,1-2H3;3H2,1-2H3;1H4. The Morgan fingerprint density at radius 3 is 1.78 bits per heavy atom. The molecule has 3 atom stereocenters. The zero-order valence-electron chi connectivity index (χ0n) is 14.7. The van der Waals surface area contributed by atoms with Crippen molar-refractivity contribution in [3.8, 4) is 0 Å². The highest BCUT2D eigenvalue weighted by Crippen LogP contribution is 1.98. The molecule has 4 N–H and O–H groups in total. The molecule has 0 aromatic carbocycles.